The molecule has 0 aliphatic rings. The van der Waals surface area contributed by atoms with E-state index < -0.39 is 0 Å². The third-order valence-electron chi connectivity index (χ3n) is 5.53. The van der Waals surface area contributed by atoms with E-state index in [1.165, 1.54) is 16.5 Å². The van der Waals surface area contributed by atoms with Gasteiger partial charge in [-0.05, 0) is 29.7 Å². The van der Waals surface area contributed by atoms with Gasteiger partial charge in [0.15, 0.2) is 0 Å². The quantitative estimate of drug-likeness (QED) is 0.407. The first-order valence-corrected chi connectivity index (χ1v) is 10.4. The van der Waals surface area contributed by atoms with E-state index in [1.54, 1.807) is 0 Å². The lowest BCUT2D eigenvalue weighted by molar-refractivity contribution is -0.122. The summed E-state index contributed by atoms with van der Waals surface area (Å²) in [5, 5.41) is 7.68. The summed E-state index contributed by atoms with van der Waals surface area (Å²) in [6, 6.07) is 28.5. The number of hydrogen-bond acceptors (Lipinski definition) is 2. The third-order valence-corrected chi connectivity index (χ3v) is 5.53. The zero-order valence-electron chi connectivity index (χ0n) is 17.1. The number of H-pyrrole nitrogens is 1. The number of nitrogens with one attached hydrogen (secondary N) is 3. The molecule has 30 heavy (non-hydrogen) atoms. The van der Waals surface area contributed by atoms with Crippen LogP contribution in [0.3, 0.4) is 0 Å². The fourth-order valence-corrected chi connectivity index (χ4v) is 3.80. The average Bonchev–Trinajstić information content (AvgIpc) is 3.23. The van der Waals surface area contributed by atoms with Gasteiger partial charge in [0.2, 0.25) is 5.91 Å². The highest BCUT2D eigenvalue weighted by Crippen LogP contribution is 2.30. The van der Waals surface area contributed by atoms with Gasteiger partial charge >= 0.3 is 0 Å². The fraction of sp³-hybridized carbons (Fsp3) is 0.192. The molecule has 0 bridgehead atoms. The monoisotopic (exact) mass is 397 g/mol. The van der Waals surface area contributed by atoms with Crippen LogP contribution in [0.5, 0.6) is 0 Å². The van der Waals surface area contributed by atoms with Gasteiger partial charge < -0.3 is 15.6 Å². The van der Waals surface area contributed by atoms with Gasteiger partial charge in [0.05, 0.1) is 6.04 Å². The van der Waals surface area contributed by atoms with E-state index in [0.717, 1.165) is 11.1 Å². The number of benzene rings is 3. The van der Waals surface area contributed by atoms with Crippen LogP contribution in [-0.4, -0.2) is 23.5 Å². The maximum absolute atomic E-state index is 12.6. The van der Waals surface area contributed by atoms with Crippen LogP contribution in [0.4, 0.5) is 0 Å². The predicted octanol–water partition coefficient (Wildman–Crippen LogP) is 4.59. The van der Waals surface area contributed by atoms with Gasteiger partial charge in [-0.1, -0.05) is 78.9 Å². The minimum Gasteiger partial charge on any atom is -0.361 e. The molecule has 1 amide bonds. The number of aromatic nitrogens is 1. The van der Waals surface area contributed by atoms with Crippen LogP contribution < -0.4 is 10.6 Å². The van der Waals surface area contributed by atoms with Crippen molar-refractivity contribution in [3.63, 3.8) is 0 Å². The number of fused-ring (bicyclic) bond motifs is 1. The fourth-order valence-electron chi connectivity index (χ4n) is 3.80. The summed E-state index contributed by atoms with van der Waals surface area (Å²) in [7, 11) is 0. The molecular weight excluding hydrogens is 370 g/mol. The van der Waals surface area contributed by atoms with Crippen molar-refractivity contribution in [2.24, 2.45) is 0 Å². The minimum atomic E-state index is -0.287. The molecule has 152 valence electrons. The van der Waals surface area contributed by atoms with Crippen molar-refractivity contribution in [2.45, 2.75) is 25.4 Å². The molecule has 2 atom stereocenters. The van der Waals surface area contributed by atoms with Gasteiger partial charge in [-0.15, -0.1) is 0 Å². The SMILES string of the molecule is C[C@@H](NC[C@@H](c1ccccc1)c1c[nH]c2ccccc12)C(=O)NCc1ccccc1. The van der Waals surface area contributed by atoms with Gasteiger partial charge in [0.1, 0.15) is 0 Å². The topological polar surface area (TPSA) is 56.9 Å². The van der Waals surface area contributed by atoms with Gasteiger partial charge in [-0.25, -0.2) is 0 Å². The summed E-state index contributed by atoms with van der Waals surface area (Å²) < 4.78 is 0. The van der Waals surface area contributed by atoms with Gasteiger partial charge in [-0.3, -0.25) is 4.79 Å². The second kappa shape index (κ2) is 9.42. The van der Waals surface area contributed by atoms with Crippen LogP contribution in [0.15, 0.2) is 91.1 Å². The number of aromatic amines is 1. The Morgan fingerprint density at radius 2 is 1.57 bits per heavy atom. The summed E-state index contributed by atoms with van der Waals surface area (Å²) >= 11 is 0. The van der Waals surface area contributed by atoms with Crippen LogP contribution in [0, 0.1) is 0 Å². The molecule has 0 fully saturated rings. The highest BCUT2D eigenvalue weighted by molar-refractivity contribution is 5.84. The lowest BCUT2D eigenvalue weighted by Crippen LogP contribution is -2.43. The van der Waals surface area contributed by atoms with Crippen LogP contribution in [0.2, 0.25) is 0 Å². The Bertz CT molecular complexity index is 1090. The molecule has 0 radical (unpaired) electrons. The highest BCUT2D eigenvalue weighted by atomic mass is 16.2. The van der Waals surface area contributed by atoms with E-state index in [9.17, 15) is 4.79 Å². The summed E-state index contributed by atoms with van der Waals surface area (Å²) in [5.74, 6) is 0.149. The average molecular weight is 398 g/mol. The maximum atomic E-state index is 12.6. The molecule has 0 saturated heterocycles. The normalized spacial score (nSPS) is 13.1. The molecule has 1 aromatic heterocycles. The number of para-hydroxylation sites is 1. The Balaban J connectivity index is 1.46. The molecule has 4 rings (SSSR count). The summed E-state index contributed by atoms with van der Waals surface area (Å²) in [5.41, 5.74) is 4.69. The Kier molecular flexibility index (Phi) is 6.26. The van der Waals surface area contributed by atoms with Crippen LogP contribution >= 0.6 is 0 Å². The van der Waals surface area contributed by atoms with E-state index in [2.05, 4.69) is 64.3 Å². The molecule has 0 aliphatic heterocycles. The number of rotatable bonds is 8. The Labute approximate surface area is 177 Å². The molecule has 4 nitrogen and oxygen atoms in total. The Morgan fingerprint density at radius 3 is 2.33 bits per heavy atom. The molecule has 0 spiro atoms. The second-order valence-corrected chi connectivity index (χ2v) is 7.59. The minimum absolute atomic E-state index is 0.00425. The lowest BCUT2D eigenvalue weighted by Gasteiger charge is -2.21. The molecular formula is C26H27N3O. The molecule has 4 aromatic rings. The van der Waals surface area contributed by atoms with E-state index in [1.807, 2.05) is 49.4 Å². The molecule has 3 aromatic carbocycles. The van der Waals surface area contributed by atoms with Crippen molar-refractivity contribution >= 4 is 16.8 Å². The Morgan fingerprint density at radius 1 is 0.900 bits per heavy atom. The molecule has 4 heteroatoms. The third kappa shape index (κ3) is 4.61. The summed E-state index contributed by atoms with van der Waals surface area (Å²) in [6.07, 6.45) is 2.09. The number of hydrogen-bond donors (Lipinski definition) is 3. The van der Waals surface area contributed by atoms with E-state index in [0.29, 0.717) is 13.1 Å². The smallest absolute Gasteiger partial charge is 0.237 e. The molecule has 0 unspecified atom stereocenters. The molecule has 0 aliphatic carbocycles. The molecule has 3 N–H and O–H groups in total. The zero-order valence-corrected chi connectivity index (χ0v) is 17.1. The number of carbonyl (C=O) groups is 1. The van der Waals surface area contributed by atoms with Crippen molar-refractivity contribution in [3.05, 3.63) is 108 Å². The highest BCUT2D eigenvalue weighted by Gasteiger charge is 2.20. The summed E-state index contributed by atoms with van der Waals surface area (Å²) in [4.78, 5) is 16.0. The zero-order chi connectivity index (χ0) is 20.8. The van der Waals surface area contributed by atoms with E-state index in [-0.39, 0.29) is 17.9 Å². The standard InChI is InChI=1S/C26H27N3O/c1-19(26(30)29-16-20-10-4-2-5-11-20)27-17-23(21-12-6-3-7-13-21)24-18-28-25-15-9-8-14-22(24)25/h2-15,18-19,23,27-28H,16-17H2,1H3,(H,29,30)/t19-,23+/m1/s1. The second-order valence-electron chi connectivity index (χ2n) is 7.59. The largest absolute Gasteiger partial charge is 0.361 e. The van der Waals surface area contributed by atoms with Crippen molar-refractivity contribution in [2.75, 3.05) is 6.54 Å². The first kappa shape index (κ1) is 19.9. The first-order chi connectivity index (χ1) is 14.7. The first-order valence-electron chi connectivity index (χ1n) is 10.4. The van der Waals surface area contributed by atoms with E-state index in [4.69, 9.17) is 0 Å². The van der Waals surface area contributed by atoms with Gasteiger partial charge in [0, 0.05) is 36.1 Å². The number of amides is 1. The van der Waals surface area contributed by atoms with Crippen LogP contribution in [0.25, 0.3) is 10.9 Å². The molecule has 1 heterocycles. The predicted molar refractivity (Wildman–Crippen MR) is 122 cm³/mol. The summed E-state index contributed by atoms with van der Waals surface area (Å²) in [6.45, 7) is 3.12. The molecule has 0 saturated carbocycles. The van der Waals surface area contributed by atoms with Crippen molar-refractivity contribution in [3.8, 4) is 0 Å². The maximum Gasteiger partial charge on any atom is 0.237 e. The van der Waals surface area contributed by atoms with Crippen LogP contribution in [0.1, 0.15) is 29.5 Å². The van der Waals surface area contributed by atoms with Crippen molar-refractivity contribution < 1.29 is 4.79 Å². The van der Waals surface area contributed by atoms with E-state index >= 15 is 0 Å². The van der Waals surface area contributed by atoms with Crippen LogP contribution in [-0.2, 0) is 11.3 Å². The number of carbonyl (C=O) groups excluding carboxylic acids is 1. The van der Waals surface area contributed by atoms with Gasteiger partial charge in [0.25, 0.3) is 0 Å². The van der Waals surface area contributed by atoms with Gasteiger partial charge in [-0.2, -0.15) is 0 Å². The Hall–Kier alpha value is -3.37. The van der Waals surface area contributed by atoms with Crippen molar-refractivity contribution in [1.82, 2.24) is 15.6 Å². The lowest BCUT2D eigenvalue weighted by atomic mass is 9.90. The van der Waals surface area contributed by atoms with Crippen molar-refractivity contribution in [1.29, 1.82) is 0 Å².